The highest BCUT2D eigenvalue weighted by molar-refractivity contribution is 5.91. The molecule has 0 amide bonds. The van der Waals surface area contributed by atoms with Crippen LogP contribution in [0.5, 0.6) is 11.5 Å². The summed E-state index contributed by atoms with van der Waals surface area (Å²) < 4.78 is 15.3. The van der Waals surface area contributed by atoms with E-state index in [9.17, 15) is 4.79 Å². The quantitative estimate of drug-likeness (QED) is 0.544. The van der Waals surface area contributed by atoms with Gasteiger partial charge in [-0.05, 0) is 48.5 Å². The fourth-order valence-electron chi connectivity index (χ4n) is 1.98. The number of hydrogen-bond donors (Lipinski definition) is 0. The van der Waals surface area contributed by atoms with Crippen LogP contribution in [0, 0.1) is 6.92 Å². The van der Waals surface area contributed by atoms with Crippen molar-refractivity contribution in [1.29, 1.82) is 0 Å². The van der Waals surface area contributed by atoms with Crippen molar-refractivity contribution >= 4 is 5.97 Å². The van der Waals surface area contributed by atoms with Gasteiger partial charge < -0.3 is 14.0 Å². The van der Waals surface area contributed by atoms with Crippen LogP contribution in [0.1, 0.15) is 16.2 Å². The molecular weight excluding hydrogens is 296 g/mol. The summed E-state index contributed by atoms with van der Waals surface area (Å²) >= 11 is 0. The number of nitrogens with zero attached hydrogens (tertiary/aromatic N) is 2. The van der Waals surface area contributed by atoms with E-state index in [0.717, 1.165) is 5.56 Å². The van der Waals surface area contributed by atoms with E-state index < -0.39 is 5.97 Å². The van der Waals surface area contributed by atoms with E-state index in [1.807, 2.05) is 0 Å². The number of methoxy groups -OCH3 is 1. The van der Waals surface area contributed by atoms with Crippen LogP contribution in [0.3, 0.4) is 0 Å². The average molecular weight is 310 g/mol. The lowest BCUT2D eigenvalue weighted by Gasteiger charge is -2.05. The molecule has 0 atom stereocenters. The molecule has 3 rings (SSSR count). The Bertz CT molecular complexity index is 807. The van der Waals surface area contributed by atoms with Gasteiger partial charge in [-0.2, -0.15) is 4.98 Å². The molecule has 0 aliphatic heterocycles. The molecule has 23 heavy (non-hydrogen) atoms. The highest BCUT2D eigenvalue weighted by atomic mass is 16.5. The Morgan fingerprint density at radius 2 is 1.65 bits per heavy atom. The van der Waals surface area contributed by atoms with Crippen molar-refractivity contribution in [2.45, 2.75) is 6.92 Å². The Kier molecular flexibility index (Phi) is 4.05. The van der Waals surface area contributed by atoms with Crippen LogP contribution < -0.4 is 9.47 Å². The number of benzene rings is 2. The smallest absolute Gasteiger partial charge is 0.343 e. The first-order chi connectivity index (χ1) is 11.2. The minimum absolute atomic E-state index is 0.434. The Labute approximate surface area is 132 Å². The second kappa shape index (κ2) is 6.31. The van der Waals surface area contributed by atoms with Gasteiger partial charge in [-0.3, -0.25) is 0 Å². The molecule has 0 unspecified atom stereocenters. The molecule has 1 aromatic heterocycles. The van der Waals surface area contributed by atoms with Gasteiger partial charge in [0.25, 0.3) is 0 Å². The number of hydrogen-bond acceptors (Lipinski definition) is 6. The predicted molar refractivity (Wildman–Crippen MR) is 82.4 cm³/mol. The molecule has 0 aliphatic carbocycles. The molecule has 116 valence electrons. The highest BCUT2D eigenvalue weighted by Crippen LogP contribution is 2.21. The first-order valence-electron chi connectivity index (χ1n) is 6.92. The SMILES string of the molecule is COc1ccc(C(=O)Oc2ccc(-c3noc(C)n3)cc2)cc1. The Morgan fingerprint density at radius 1 is 1.00 bits per heavy atom. The maximum atomic E-state index is 12.1. The summed E-state index contributed by atoms with van der Waals surface area (Å²) in [4.78, 5) is 16.2. The van der Waals surface area contributed by atoms with Gasteiger partial charge in [0.15, 0.2) is 0 Å². The topological polar surface area (TPSA) is 74.5 Å². The van der Waals surface area contributed by atoms with Crippen LogP contribution >= 0.6 is 0 Å². The zero-order valence-corrected chi connectivity index (χ0v) is 12.6. The van der Waals surface area contributed by atoms with Crippen molar-refractivity contribution in [3.05, 3.63) is 60.0 Å². The third kappa shape index (κ3) is 3.37. The lowest BCUT2D eigenvalue weighted by Crippen LogP contribution is -2.08. The molecule has 6 nitrogen and oxygen atoms in total. The molecule has 0 N–H and O–H groups in total. The summed E-state index contributed by atoms with van der Waals surface area (Å²) in [6, 6.07) is 13.6. The summed E-state index contributed by atoms with van der Waals surface area (Å²) in [7, 11) is 1.57. The molecule has 1 heterocycles. The van der Waals surface area contributed by atoms with E-state index in [4.69, 9.17) is 14.0 Å². The van der Waals surface area contributed by atoms with E-state index in [0.29, 0.717) is 28.8 Å². The molecule has 6 heteroatoms. The van der Waals surface area contributed by atoms with Crippen molar-refractivity contribution in [2.75, 3.05) is 7.11 Å². The van der Waals surface area contributed by atoms with Gasteiger partial charge in [0.1, 0.15) is 11.5 Å². The Morgan fingerprint density at radius 3 is 2.22 bits per heavy atom. The van der Waals surface area contributed by atoms with E-state index in [1.165, 1.54) is 0 Å². The van der Waals surface area contributed by atoms with Crippen LogP contribution in [-0.4, -0.2) is 23.2 Å². The number of carbonyl (C=O) groups is 1. The molecule has 0 fully saturated rings. The molecule has 0 spiro atoms. The normalized spacial score (nSPS) is 10.3. The summed E-state index contributed by atoms with van der Waals surface area (Å²) in [6.07, 6.45) is 0. The van der Waals surface area contributed by atoms with Crippen molar-refractivity contribution in [1.82, 2.24) is 10.1 Å². The molecule has 2 aromatic carbocycles. The van der Waals surface area contributed by atoms with Gasteiger partial charge in [-0.15, -0.1) is 0 Å². The lowest BCUT2D eigenvalue weighted by molar-refractivity contribution is 0.0735. The molecule has 0 saturated carbocycles. The molecule has 0 radical (unpaired) electrons. The van der Waals surface area contributed by atoms with Crippen LogP contribution in [0.15, 0.2) is 53.1 Å². The number of aryl methyl sites for hydroxylation is 1. The number of carbonyl (C=O) groups excluding carboxylic acids is 1. The highest BCUT2D eigenvalue weighted by Gasteiger charge is 2.10. The third-order valence-electron chi connectivity index (χ3n) is 3.18. The second-order valence-electron chi connectivity index (χ2n) is 4.78. The molecule has 0 saturated heterocycles. The summed E-state index contributed by atoms with van der Waals surface area (Å²) in [6.45, 7) is 1.72. The predicted octanol–water partition coefficient (Wildman–Crippen LogP) is 3.27. The first-order valence-corrected chi connectivity index (χ1v) is 6.92. The standard InChI is InChI=1S/C17H14N2O4/c1-11-18-16(19-23-11)12-3-9-15(10-4-12)22-17(20)13-5-7-14(21-2)8-6-13/h3-10H,1-2H3. The Balaban J connectivity index is 1.71. The molecule has 3 aromatic rings. The average Bonchev–Trinajstić information content (AvgIpc) is 3.02. The minimum Gasteiger partial charge on any atom is -0.497 e. The van der Waals surface area contributed by atoms with E-state index in [-0.39, 0.29) is 0 Å². The number of rotatable bonds is 4. The maximum Gasteiger partial charge on any atom is 0.343 e. The van der Waals surface area contributed by atoms with Crippen molar-refractivity contribution in [3.8, 4) is 22.9 Å². The zero-order chi connectivity index (χ0) is 16.2. The fourth-order valence-corrected chi connectivity index (χ4v) is 1.98. The molecule has 0 bridgehead atoms. The zero-order valence-electron chi connectivity index (χ0n) is 12.6. The largest absolute Gasteiger partial charge is 0.497 e. The molecular formula is C17H14N2O4. The van der Waals surface area contributed by atoms with Gasteiger partial charge in [0.2, 0.25) is 11.7 Å². The number of aromatic nitrogens is 2. The molecule has 0 aliphatic rings. The lowest BCUT2D eigenvalue weighted by atomic mass is 10.2. The van der Waals surface area contributed by atoms with Crippen molar-refractivity contribution in [3.63, 3.8) is 0 Å². The van der Waals surface area contributed by atoms with Crippen molar-refractivity contribution < 1.29 is 18.8 Å². The summed E-state index contributed by atoms with van der Waals surface area (Å²) in [5.74, 6) is 1.68. The van der Waals surface area contributed by atoms with Crippen molar-refractivity contribution in [2.24, 2.45) is 0 Å². The maximum absolute atomic E-state index is 12.1. The minimum atomic E-state index is -0.434. The number of ether oxygens (including phenoxy) is 2. The van der Waals surface area contributed by atoms with E-state index in [1.54, 1.807) is 62.6 Å². The van der Waals surface area contributed by atoms with Gasteiger partial charge in [-0.25, -0.2) is 4.79 Å². The van der Waals surface area contributed by atoms with Gasteiger partial charge in [0, 0.05) is 12.5 Å². The van der Waals surface area contributed by atoms with Gasteiger partial charge in [0.05, 0.1) is 12.7 Å². The van der Waals surface area contributed by atoms with E-state index in [2.05, 4.69) is 10.1 Å². The van der Waals surface area contributed by atoms with E-state index >= 15 is 0 Å². The monoisotopic (exact) mass is 310 g/mol. The van der Waals surface area contributed by atoms with Crippen LogP contribution in [0.4, 0.5) is 0 Å². The van der Waals surface area contributed by atoms with Gasteiger partial charge in [-0.1, -0.05) is 5.16 Å². The van der Waals surface area contributed by atoms with Crippen LogP contribution in [-0.2, 0) is 0 Å². The summed E-state index contributed by atoms with van der Waals surface area (Å²) in [5.41, 5.74) is 1.23. The third-order valence-corrected chi connectivity index (χ3v) is 3.18. The van der Waals surface area contributed by atoms with Gasteiger partial charge >= 0.3 is 5.97 Å². The fraction of sp³-hybridized carbons (Fsp3) is 0.118. The second-order valence-corrected chi connectivity index (χ2v) is 4.78. The van der Waals surface area contributed by atoms with Crippen LogP contribution in [0.2, 0.25) is 0 Å². The van der Waals surface area contributed by atoms with Crippen LogP contribution in [0.25, 0.3) is 11.4 Å². The summed E-state index contributed by atoms with van der Waals surface area (Å²) in [5, 5.41) is 3.83. The Hall–Kier alpha value is -3.15. The first kappa shape index (κ1) is 14.8. The number of esters is 1.